The van der Waals surface area contributed by atoms with E-state index in [0.29, 0.717) is 26.2 Å². The van der Waals surface area contributed by atoms with Crippen molar-refractivity contribution in [2.24, 2.45) is 23.7 Å². The van der Waals surface area contributed by atoms with E-state index in [1.807, 2.05) is 24.8 Å². The van der Waals surface area contributed by atoms with Gasteiger partial charge in [-0.05, 0) is 66.9 Å². The summed E-state index contributed by atoms with van der Waals surface area (Å²) in [6.45, 7) is 10.4. The number of rotatable bonds is 6. The van der Waals surface area contributed by atoms with Crippen LogP contribution in [0.1, 0.15) is 57.2 Å². The predicted octanol–water partition coefficient (Wildman–Crippen LogP) is 5.84. The van der Waals surface area contributed by atoms with Crippen LogP contribution in [0, 0.1) is 30.1 Å². The molecule has 3 aliphatic rings. The SMILES string of the molecule is CC(=O)O[C@@H]1[C][C@@]2(O)[C@H](C)CC[C@@H]([C@H](C)CN3CCN(Cc4cc(C(F)(F)F)cc(C(F)(F)F)c4)CC3)[C@H]2C=C1C. The highest BCUT2D eigenvalue weighted by molar-refractivity contribution is 5.66. The minimum Gasteiger partial charge on any atom is -0.457 e. The Morgan fingerprint density at radius 3 is 2.15 bits per heavy atom. The summed E-state index contributed by atoms with van der Waals surface area (Å²) >= 11 is 0. The number of hydrogen-bond donors (Lipinski definition) is 1. The molecule has 0 unspecified atom stereocenters. The Labute approximate surface area is 237 Å². The van der Waals surface area contributed by atoms with E-state index in [9.17, 15) is 36.2 Å². The normalized spacial score (nSPS) is 30.9. The van der Waals surface area contributed by atoms with Gasteiger partial charge in [-0.15, -0.1) is 0 Å². The highest BCUT2D eigenvalue weighted by Crippen LogP contribution is 2.51. The number of piperazine rings is 1. The summed E-state index contributed by atoms with van der Waals surface area (Å²) in [5.41, 5.74) is -2.97. The molecule has 41 heavy (non-hydrogen) atoms. The third-order valence-corrected chi connectivity index (χ3v) is 8.95. The van der Waals surface area contributed by atoms with E-state index in [2.05, 4.69) is 18.2 Å². The number of hydrogen-bond acceptors (Lipinski definition) is 5. The fourth-order valence-electron chi connectivity index (χ4n) is 6.65. The van der Waals surface area contributed by atoms with Crippen molar-refractivity contribution in [3.8, 4) is 0 Å². The van der Waals surface area contributed by atoms with Crippen molar-refractivity contribution in [2.45, 2.75) is 71.1 Å². The number of aliphatic hydroxyl groups is 1. The summed E-state index contributed by atoms with van der Waals surface area (Å²) in [6, 6.07) is 1.76. The molecule has 1 saturated carbocycles. The van der Waals surface area contributed by atoms with E-state index in [1.54, 1.807) is 0 Å². The van der Waals surface area contributed by atoms with Gasteiger partial charge in [0.1, 0.15) is 6.10 Å². The van der Waals surface area contributed by atoms with Crippen LogP contribution in [-0.2, 0) is 28.4 Å². The number of carbonyl (C=O) groups excluding carboxylic acids is 1. The first-order valence-corrected chi connectivity index (χ1v) is 14.1. The van der Waals surface area contributed by atoms with Gasteiger partial charge in [0.2, 0.25) is 0 Å². The number of carbonyl (C=O) groups is 1. The Morgan fingerprint density at radius 2 is 1.61 bits per heavy atom. The Bertz CT molecular complexity index is 1100. The van der Waals surface area contributed by atoms with Crippen LogP contribution in [-0.4, -0.2) is 65.3 Å². The molecule has 1 saturated heterocycles. The van der Waals surface area contributed by atoms with Gasteiger partial charge in [0.15, 0.2) is 0 Å². The summed E-state index contributed by atoms with van der Waals surface area (Å²) in [5.74, 6) is -0.271. The highest BCUT2D eigenvalue weighted by Gasteiger charge is 2.53. The number of fused-ring (bicyclic) bond motifs is 1. The minimum absolute atomic E-state index is 0.00521. The van der Waals surface area contributed by atoms with Gasteiger partial charge in [-0.25, -0.2) is 0 Å². The first-order chi connectivity index (χ1) is 19.0. The lowest BCUT2D eigenvalue weighted by molar-refractivity contribution is -0.148. The molecule has 0 aromatic heterocycles. The molecule has 11 heteroatoms. The lowest BCUT2D eigenvalue weighted by atomic mass is 9.57. The van der Waals surface area contributed by atoms with Crippen molar-refractivity contribution in [3.05, 3.63) is 53.0 Å². The van der Waals surface area contributed by atoms with Crippen LogP contribution in [0.3, 0.4) is 0 Å². The van der Waals surface area contributed by atoms with Crippen molar-refractivity contribution in [2.75, 3.05) is 32.7 Å². The molecule has 1 aromatic rings. The summed E-state index contributed by atoms with van der Waals surface area (Å²) < 4.78 is 84.9. The fraction of sp³-hybridized carbons (Fsp3) is 0.667. The van der Waals surface area contributed by atoms with E-state index in [-0.39, 0.29) is 41.8 Å². The second-order valence-electron chi connectivity index (χ2n) is 12.0. The molecule has 2 fully saturated rings. The Hall–Kier alpha value is -2.11. The molecule has 2 radical (unpaired) electrons. The van der Waals surface area contributed by atoms with Crippen LogP contribution in [0.4, 0.5) is 26.3 Å². The molecule has 2 aliphatic carbocycles. The van der Waals surface area contributed by atoms with Crippen LogP contribution < -0.4 is 0 Å². The quantitative estimate of drug-likeness (QED) is 0.257. The van der Waals surface area contributed by atoms with Crippen molar-refractivity contribution < 1.29 is 41.0 Å². The lowest BCUT2D eigenvalue weighted by Gasteiger charge is -2.53. The molecule has 0 spiro atoms. The molecular weight excluding hydrogens is 550 g/mol. The molecule has 5 nitrogen and oxygen atoms in total. The molecular formula is C30H38F6N2O3. The standard InChI is InChI=1S/C30H38F6N2O3/c1-18-11-26-25(6-5-20(3)28(26,40)15-27(18)41-21(4)39)19(2)16-37-7-9-38(10-8-37)17-22-12-23(29(31,32)33)14-24(13-22)30(34,35)36/h11-14,19-20,25-27,40H,5-10,16-17H2,1-4H3/t19-,20-,25+,26-,27-,28-/m1/s1. The average molecular weight is 589 g/mol. The zero-order chi connectivity index (χ0) is 30.3. The van der Waals surface area contributed by atoms with E-state index < -0.39 is 41.2 Å². The summed E-state index contributed by atoms with van der Waals surface area (Å²) in [5, 5.41) is 11.7. The van der Waals surface area contributed by atoms with Gasteiger partial charge in [0, 0.05) is 52.1 Å². The van der Waals surface area contributed by atoms with Crippen molar-refractivity contribution in [1.82, 2.24) is 9.80 Å². The molecule has 1 aliphatic heterocycles. The molecule has 1 aromatic carbocycles. The minimum atomic E-state index is -4.86. The summed E-state index contributed by atoms with van der Waals surface area (Å²) in [7, 11) is 0. The topological polar surface area (TPSA) is 53.0 Å². The zero-order valence-electron chi connectivity index (χ0n) is 23.8. The Balaban J connectivity index is 1.38. The van der Waals surface area contributed by atoms with Crippen molar-refractivity contribution >= 4 is 5.97 Å². The van der Waals surface area contributed by atoms with Gasteiger partial charge in [0.05, 0.1) is 23.1 Å². The average Bonchev–Trinajstić information content (AvgIpc) is 2.86. The monoisotopic (exact) mass is 588 g/mol. The number of ether oxygens (including phenoxy) is 1. The second-order valence-corrected chi connectivity index (χ2v) is 12.0. The van der Waals surface area contributed by atoms with E-state index in [4.69, 9.17) is 4.74 Å². The lowest BCUT2D eigenvalue weighted by Crippen LogP contribution is -2.57. The first kappa shape index (κ1) is 31.8. The van der Waals surface area contributed by atoms with E-state index >= 15 is 0 Å². The van der Waals surface area contributed by atoms with Crippen LogP contribution in [0.2, 0.25) is 0 Å². The molecule has 0 amide bonds. The fourth-order valence-corrected chi connectivity index (χ4v) is 6.65. The van der Waals surface area contributed by atoms with Crippen LogP contribution >= 0.6 is 0 Å². The van der Waals surface area contributed by atoms with Gasteiger partial charge >= 0.3 is 18.3 Å². The predicted molar refractivity (Wildman–Crippen MR) is 140 cm³/mol. The highest BCUT2D eigenvalue weighted by atomic mass is 19.4. The number of nitrogens with zero attached hydrogens (tertiary/aromatic N) is 2. The summed E-state index contributed by atoms with van der Waals surface area (Å²) in [6.07, 6.45) is -3.45. The molecule has 228 valence electrons. The first-order valence-electron chi connectivity index (χ1n) is 14.1. The second kappa shape index (κ2) is 11.9. The molecule has 6 atom stereocenters. The van der Waals surface area contributed by atoms with Crippen LogP contribution in [0.15, 0.2) is 29.8 Å². The van der Waals surface area contributed by atoms with E-state index in [0.717, 1.165) is 37.1 Å². The molecule has 0 bridgehead atoms. The Morgan fingerprint density at radius 1 is 1.05 bits per heavy atom. The zero-order valence-corrected chi connectivity index (χ0v) is 23.8. The van der Waals surface area contributed by atoms with Gasteiger partial charge in [-0.2, -0.15) is 26.3 Å². The van der Waals surface area contributed by atoms with Crippen LogP contribution in [0.25, 0.3) is 0 Å². The Kier molecular flexibility index (Phi) is 9.22. The number of halogens is 6. The third-order valence-electron chi connectivity index (χ3n) is 8.95. The molecule has 1 heterocycles. The van der Waals surface area contributed by atoms with E-state index in [1.165, 1.54) is 6.92 Å². The number of esters is 1. The van der Waals surface area contributed by atoms with Gasteiger partial charge in [0.25, 0.3) is 0 Å². The van der Waals surface area contributed by atoms with Crippen LogP contribution in [0.5, 0.6) is 0 Å². The maximum atomic E-state index is 13.2. The van der Waals surface area contributed by atoms with Gasteiger partial charge < -0.3 is 14.7 Å². The maximum absolute atomic E-state index is 13.2. The van der Waals surface area contributed by atoms with Crippen molar-refractivity contribution in [3.63, 3.8) is 0 Å². The number of alkyl halides is 6. The largest absolute Gasteiger partial charge is 0.457 e. The molecule has 4 rings (SSSR count). The maximum Gasteiger partial charge on any atom is 0.416 e. The third kappa shape index (κ3) is 7.28. The number of benzene rings is 1. The smallest absolute Gasteiger partial charge is 0.416 e. The van der Waals surface area contributed by atoms with Gasteiger partial charge in [-0.1, -0.05) is 19.9 Å². The molecule has 1 N–H and O–H groups in total. The van der Waals surface area contributed by atoms with Crippen molar-refractivity contribution in [1.29, 1.82) is 0 Å². The summed E-state index contributed by atoms with van der Waals surface area (Å²) in [4.78, 5) is 15.7. The van der Waals surface area contributed by atoms with Gasteiger partial charge in [-0.3, -0.25) is 9.69 Å².